The summed E-state index contributed by atoms with van der Waals surface area (Å²) in [7, 11) is 0. The molecule has 0 aliphatic carbocycles. The first-order valence-electron chi connectivity index (χ1n) is 10.0. The van der Waals surface area contributed by atoms with Gasteiger partial charge in [0.2, 0.25) is 5.91 Å². The first-order valence-corrected chi connectivity index (χ1v) is 11.0. The molecule has 29 heavy (non-hydrogen) atoms. The summed E-state index contributed by atoms with van der Waals surface area (Å²) in [5.74, 6) is 1.10. The molecule has 9 heteroatoms. The Balaban J connectivity index is 1.72. The van der Waals surface area contributed by atoms with Gasteiger partial charge in [0.25, 0.3) is 0 Å². The van der Waals surface area contributed by atoms with Crippen LogP contribution in [0.4, 0.5) is 4.39 Å². The van der Waals surface area contributed by atoms with Gasteiger partial charge in [-0.15, -0.1) is 10.2 Å². The molecule has 0 unspecified atom stereocenters. The third kappa shape index (κ3) is 6.52. The van der Waals surface area contributed by atoms with Crippen LogP contribution in [0.1, 0.15) is 13.8 Å². The maximum Gasteiger partial charge on any atom is 0.230 e. The SMILES string of the molecule is CC(C)CNC(=O)CSc1nnc(-c2ccc(F)cc2)n1CC[NH+]1CCOCC1. The van der Waals surface area contributed by atoms with Gasteiger partial charge in [0.05, 0.1) is 32.1 Å². The van der Waals surface area contributed by atoms with Gasteiger partial charge in [-0.05, 0) is 30.2 Å². The minimum Gasteiger partial charge on any atom is -0.370 e. The van der Waals surface area contributed by atoms with Gasteiger partial charge < -0.3 is 15.0 Å². The van der Waals surface area contributed by atoms with Crippen molar-refractivity contribution in [2.75, 3.05) is 45.1 Å². The van der Waals surface area contributed by atoms with Crippen molar-refractivity contribution in [2.24, 2.45) is 5.92 Å². The molecule has 158 valence electrons. The van der Waals surface area contributed by atoms with Crippen molar-refractivity contribution < 1.29 is 18.8 Å². The zero-order chi connectivity index (χ0) is 20.6. The van der Waals surface area contributed by atoms with Crippen molar-refractivity contribution in [1.82, 2.24) is 20.1 Å². The Bertz CT molecular complexity index is 791. The first kappa shape index (κ1) is 21.7. The number of rotatable bonds is 9. The summed E-state index contributed by atoms with van der Waals surface area (Å²) in [6.45, 7) is 9.95. The molecule has 1 aromatic carbocycles. The van der Waals surface area contributed by atoms with Crippen LogP contribution in [0.15, 0.2) is 29.4 Å². The van der Waals surface area contributed by atoms with Crippen LogP contribution in [-0.2, 0) is 16.1 Å². The number of quaternary nitrogens is 1. The minimum absolute atomic E-state index is 0.0135. The number of nitrogens with one attached hydrogen (secondary N) is 2. The molecule has 0 radical (unpaired) electrons. The maximum atomic E-state index is 13.3. The van der Waals surface area contributed by atoms with E-state index in [4.69, 9.17) is 4.74 Å². The Morgan fingerprint density at radius 2 is 2.00 bits per heavy atom. The predicted octanol–water partition coefficient (Wildman–Crippen LogP) is 0.864. The number of benzene rings is 1. The monoisotopic (exact) mass is 422 g/mol. The van der Waals surface area contributed by atoms with Crippen molar-refractivity contribution in [3.63, 3.8) is 0 Å². The second-order valence-electron chi connectivity index (χ2n) is 7.56. The largest absolute Gasteiger partial charge is 0.370 e. The summed E-state index contributed by atoms with van der Waals surface area (Å²) >= 11 is 1.38. The lowest BCUT2D eigenvalue weighted by molar-refractivity contribution is -0.908. The second kappa shape index (κ2) is 10.7. The molecule has 7 nitrogen and oxygen atoms in total. The number of morpholine rings is 1. The van der Waals surface area contributed by atoms with E-state index in [1.165, 1.54) is 28.8 Å². The number of nitrogens with zero attached hydrogens (tertiary/aromatic N) is 3. The van der Waals surface area contributed by atoms with Crippen LogP contribution in [0.25, 0.3) is 11.4 Å². The van der Waals surface area contributed by atoms with Crippen LogP contribution in [0.5, 0.6) is 0 Å². The van der Waals surface area contributed by atoms with Gasteiger partial charge in [-0.1, -0.05) is 25.6 Å². The van der Waals surface area contributed by atoms with E-state index in [-0.39, 0.29) is 11.7 Å². The first-order chi connectivity index (χ1) is 14.0. The zero-order valence-corrected chi connectivity index (χ0v) is 17.8. The van der Waals surface area contributed by atoms with Crippen LogP contribution in [0.2, 0.25) is 0 Å². The van der Waals surface area contributed by atoms with E-state index < -0.39 is 0 Å². The molecule has 3 rings (SSSR count). The van der Waals surface area contributed by atoms with Crippen LogP contribution >= 0.6 is 11.8 Å². The molecule has 1 saturated heterocycles. The molecule has 0 saturated carbocycles. The van der Waals surface area contributed by atoms with E-state index in [0.29, 0.717) is 29.2 Å². The predicted molar refractivity (Wildman–Crippen MR) is 110 cm³/mol. The number of hydrogen-bond acceptors (Lipinski definition) is 5. The number of amides is 1. The minimum atomic E-state index is -0.283. The molecular formula is C20H29FN5O2S+. The Kier molecular flexibility index (Phi) is 8.02. The summed E-state index contributed by atoms with van der Waals surface area (Å²) in [6.07, 6.45) is 0. The summed E-state index contributed by atoms with van der Waals surface area (Å²) in [6, 6.07) is 6.27. The summed E-state index contributed by atoms with van der Waals surface area (Å²) in [5.41, 5.74) is 0.812. The smallest absolute Gasteiger partial charge is 0.230 e. The third-order valence-corrected chi connectivity index (χ3v) is 5.71. The lowest BCUT2D eigenvalue weighted by Crippen LogP contribution is -3.14. The topological polar surface area (TPSA) is 73.5 Å². The van der Waals surface area contributed by atoms with E-state index in [0.717, 1.165) is 45.0 Å². The summed E-state index contributed by atoms with van der Waals surface area (Å²) in [5, 5.41) is 12.3. The van der Waals surface area contributed by atoms with Gasteiger partial charge >= 0.3 is 0 Å². The van der Waals surface area contributed by atoms with Gasteiger partial charge in [0.15, 0.2) is 11.0 Å². The van der Waals surface area contributed by atoms with Gasteiger partial charge in [-0.25, -0.2) is 4.39 Å². The molecule has 2 heterocycles. The lowest BCUT2D eigenvalue weighted by atomic mass is 10.2. The molecule has 1 aliphatic heterocycles. The fourth-order valence-electron chi connectivity index (χ4n) is 3.09. The van der Waals surface area contributed by atoms with Crippen molar-refractivity contribution in [1.29, 1.82) is 0 Å². The quantitative estimate of drug-likeness (QED) is 0.587. The highest BCUT2D eigenvalue weighted by atomic mass is 32.2. The third-order valence-electron chi connectivity index (χ3n) is 4.75. The maximum absolute atomic E-state index is 13.3. The van der Waals surface area contributed by atoms with Crippen molar-refractivity contribution in [3.05, 3.63) is 30.1 Å². The number of carbonyl (C=O) groups excluding carboxylic acids is 1. The van der Waals surface area contributed by atoms with Crippen LogP contribution < -0.4 is 10.2 Å². The average Bonchev–Trinajstić information content (AvgIpc) is 3.13. The molecule has 1 amide bonds. The molecular weight excluding hydrogens is 393 g/mol. The van der Waals surface area contributed by atoms with Crippen molar-refractivity contribution >= 4 is 17.7 Å². The van der Waals surface area contributed by atoms with E-state index in [1.54, 1.807) is 12.1 Å². The van der Waals surface area contributed by atoms with Crippen molar-refractivity contribution in [3.8, 4) is 11.4 Å². The fraction of sp³-hybridized carbons (Fsp3) is 0.550. The van der Waals surface area contributed by atoms with Crippen LogP contribution in [0.3, 0.4) is 0 Å². The number of ether oxygens (including phenoxy) is 1. The summed E-state index contributed by atoms with van der Waals surface area (Å²) in [4.78, 5) is 13.6. The number of thioether (sulfide) groups is 1. The highest BCUT2D eigenvalue weighted by molar-refractivity contribution is 7.99. The molecule has 0 atom stereocenters. The molecule has 2 aromatic rings. The highest BCUT2D eigenvalue weighted by Gasteiger charge is 2.19. The molecule has 0 spiro atoms. The van der Waals surface area contributed by atoms with Gasteiger partial charge in [-0.2, -0.15) is 0 Å². The molecule has 1 aromatic heterocycles. The Morgan fingerprint density at radius 1 is 1.28 bits per heavy atom. The normalized spacial score (nSPS) is 15.0. The average molecular weight is 423 g/mol. The van der Waals surface area contributed by atoms with Gasteiger partial charge in [0.1, 0.15) is 18.9 Å². The Hall–Kier alpha value is -1.97. The highest BCUT2D eigenvalue weighted by Crippen LogP contribution is 2.24. The van der Waals surface area contributed by atoms with E-state index in [1.807, 2.05) is 4.57 Å². The number of aromatic nitrogens is 3. The zero-order valence-electron chi connectivity index (χ0n) is 17.0. The van der Waals surface area contributed by atoms with E-state index in [9.17, 15) is 9.18 Å². The molecule has 0 bridgehead atoms. The molecule has 1 aliphatic rings. The fourth-order valence-corrected chi connectivity index (χ4v) is 3.88. The van der Waals surface area contributed by atoms with E-state index in [2.05, 4.69) is 29.4 Å². The molecule has 2 N–H and O–H groups in total. The number of hydrogen-bond donors (Lipinski definition) is 2. The van der Waals surface area contributed by atoms with Gasteiger partial charge in [-0.3, -0.25) is 9.36 Å². The number of carbonyl (C=O) groups is 1. The lowest BCUT2D eigenvalue weighted by Gasteiger charge is -2.24. The van der Waals surface area contributed by atoms with E-state index >= 15 is 0 Å². The Morgan fingerprint density at radius 3 is 2.69 bits per heavy atom. The van der Waals surface area contributed by atoms with Crippen molar-refractivity contribution in [2.45, 2.75) is 25.5 Å². The summed E-state index contributed by atoms with van der Waals surface area (Å²) < 4.78 is 20.8. The van der Waals surface area contributed by atoms with Gasteiger partial charge in [0, 0.05) is 12.1 Å². The van der Waals surface area contributed by atoms with Crippen LogP contribution in [-0.4, -0.2) is 65.8 Å². The molecule has 1 fully saturated rings. The second-order valence-corrected chi connectivity index (χ2v) is 8.51. The number of halogens is 1. The van der Waals surface area contributed by atoms with Crippen LogP contribution in [0, 0.1) is 11.7 Å². The Labute approximate surface area is 175 Å². The standard InChI is InChI=1S/C20H28FN5O2S/c1-15(2)13-22-18(27)14-29-20-24-23-19(16-3-5-17(21)6-4-16)26(20)8-7-25-9-11-28-12-10-25/h3-6,15H,7-14H2,1-2H3,(H,22,27)/p+1.